The van der Waals surface area contributed by atoms with Crippen LogP contribution in [0.2, 0.25) is 0 Å². The van der Waals surface area contributed by atoms with E-state index in [2.05, 4.69) is 29.0 Å². The molecule has 0 unspecified atom stereocenters. The number of pyridine rings is 1. The van der Waals surface area contributed by atoms with Gasteiger partial charge >= 0.3 is 5.97 Å². The fourth-order valence-electron chi connectivity index (χ4n) is 2.90. The van der Waals surface area contributed by atoms with Crippen LogP contribution in [0.1, 0.15) is 29.8 Å². The number of anilines is 2. The normalized spacial score (nSPS) is 15.9. The van der Waals surface area contributed by atoms with Crippen LogP contribution in [0.4, 0.5) is 11.5 Å². The van der Waals surface area contributed by atoms with E-state index in [1.54, 1.807) is 24.4 Å². The number of cyclic esters (lactones) is 1. The number of carbonyl (C=O) groups is 2. The highest BCUT2D eigenvalue weighted by molar-refractivity contribution is 6.00. The van der Waals surface area contributed by atoms with Gasteiger partial charge in [0.05, 0.1) is 17.4 Å². The molecule has 0 radical (unpaired) electrons. The van der Waals surface area contributed by atoms with Gasteiger partial charge in [-0.25, -0.2) is 9.78 Å². The molecule has 1 aliphatic rings. The molecule has 1 N–H and O–H groups in total. The summed E-state index contributed by atoms with van der Waals surface area (Å²) in [6.45, 7) is 5.87. The van der Waals surface area contributed by atoms with Crippen LogP contribution >= 0.6 is 0 Å². The summed E-state index contributed by atoms with van der Waals surface area (Å²) in [6.07, 6.45) is 1.16. The van der Waals surface area contributed by atoms with Gasteiger partial charge in [0.15, 0.2) is 6.10 Å². The minimum atomic E-state index is -0.829. The third kappa shape index (κ3) is 3.63. The van der Waals surface area contributed by atoms with Gasteiger partial charge in [-0.15, -0.1) is 0 Å². The van der Waals surface area contributed by atoms with E-state index >= 15 is 0 Å². The van der Waals surface area contributed by atoms with Crippen molar-refractivity contribution in [1.82, 2.24) is 4.98 Å². The maximum atomic E-state index is 12.4. The summed E-state index contributed by atoms with van der Waals surface area (Å²) in [4.78, 5) is 30.9. The zero-order valence-corrected chi connectivity index (χ0v) is 14.4. The van der Waals surface area contributed by atoms with E-state index in [9.17, 15) is 9.59 Å². The molecule has 1 atom stereocenters. The van der Waals surface area contributed by atoms with Crippen LogP contribution < -0.4 is 10.2 Å². The first kappa shape index (κ1) is 17.0. The summed E-state index contributed by atoms with van der Waals surface area (Å²) in [6, 6.07) is 10.9. The third-order valence-corrected chi connectivity index (χ3v) is 4.29. The van der Waals surface area contributed by atoms with Crippen molar-refractivity contribution in [2.75, 3.05) is 23.3 Å². The molecular formula is C19H21N3O3. The molecule has 0 aliphatic carbocycles. The van der Waals surface area contributed by atoms with Crippen LogP contribution in [-0.4, -0.2) is 36.1 Å². The van der Waals surface area contributed by atoms with E-state index in [0.717, 1.165) is 24.5 Å². The average Bonchev–Trinajstić information content (AvgIpc) is 2.64. The van der Waals surface area contributed by atoms with Gasteiger partial charge in [-0.05, 0) is 37.6 Å². The first-order valence-corrected chi connectivity index (χ1v) is 8.43. The minimum absolute atomic E-state index is 0.347. The molecule has 1 aliphatic heterocycles. The van der Waals surface area contributed by atoms with Crippen molar-refractivity contribution < 1.29 is 14.3 Å². The van der Waals surface area contributed by atoms with Crippen molar-refractivity contribution in [3.8, 4) is 0 Å². The predicted octanol–water partition coefficient (Wildman–Crippen LogP) is 2.65. The fourth-order valence-corrected chi connectivity index (χ4v) is 2.90. The van der Waals surface area contributed by atoms with Gasteiger partial charge in [-0.1, -0.05) is 18.2 Å². The molecule has 1 aromatic carbocycles. The number of benzene rings is 1. The number of aromatic nitrogens is 1. The Morgan fingerprint density at radius 1 is 1.24 bits per heavy atom. The second-order valence-corrected chi connectivity index (χ2v) is 5.82. The van der Waals surface area contributed by atoms with Gasteiger partial charge in [0, 0.05) is 19.5 Å². The molecule has 0 saturated heterocycles. The number of ether oxygens (including phenoxy) is 1. The second-order valence-electron chi connectivity index (χ2n) is 5.82. The molecule has 130 valence electrons. The van der Waals surface area contributed by atoms with Gasteiger partial charge in [-0.2, -0.15) is 0 Å². The standard InChI is InChI=1S/C19H21N3O3/c1-3-22(4-2)17-10-9-14(12-20-17)21-18(23)16-11-13-7-5-6-8-15(13)19(24)25-16/h5-10,12,16H,3-4,11H2,1-2H3,(H,21,23)/t16-/m1/s1. The summed E-state index contributed by atoms with van der Waals surface area (Å²) >= 11 is 0. The molecule has 25 heavy (non-hydrogen) atoms. The third-order valence-electron chi connectivity index (χ3n) is 4.29. The van der Waals surface area contributed by atoms with E-state index in [-0.39, 0.29) is 5.91 Å². The Bertz CT molecular complexity index is 770. The molecule has 2 heterocycles. The van der Waals surface area contributed by atoms with Gasteiger partial charge in [-0.3, -0.25) is 4.79 Å². The molecule has 0 spiro atoms. The number of nitrogens with zero attached hydrogens (tertiary/aromatic N) is 2. The lowest BCUT2D eigenvalue weighted by molar-refractivity contribution is -0.125. The Balaban J connectivity index is 1.68. The largest absolute Gasteiger partial charge is 0.448 e. The maximum Gasteiger partial charge on any atom is 0.339 e. The van der Waals surface area contributed by atoms with Gasteiger partial charge < -0.3 is 15.0 Å². The molecule has 6 nitrogen and oxygen atoms in total. The minimum Gasteiger partial charge on any atom is -0.448 e. The van der Waals surface area contributed by atoms with Crippen molar-refractivity contribution in [1.29, 1.82) is 0 Å². The SMILES string of the molecule is CCN(CC)c1ccc(NC(=O)[C@H]2Cc3ccccc3C(=O)O2)cn1. The summed E-state index contributed by atoms with van der Waals surface area (Å²) in [5.74, 6) is 0.0540. The number of nitrogens with one attached hydrogen (secondary N) is 1. The summed E-state index contributed by atoms with van der Waals surface area (Å²) < 4.78 is 5.26. The number of esters is 1. The zero-order chi connectivity index (χ0) is 17.8. The van der Waals surface area contributed by atoms with Crippen LogP contribution in [0.25, 0.3) is 0 Å². The van der Waals surface area contributed by atoms with Crippen LogP contribution in [0.5, 0.6) is 0 Å². The van der Waals surface area contributed by atoms with Gasteiger partial charge in [0.25, 0.3) is 5.91 Å². The first-order valence-electron chi connectivity index (χ1n) is 8.43. The fraction of sp³-hybridized carbons (Fsp3) is 0.316. The lowest BCUT2D eigenvalue weighted by atomic mass is 9.98. The summed E-state index contributed by atoms with van der Waals surface area (Å²) in [7, 11) is 0. The Hall–Kier alpha value is -2.89. The summed E-state index contributed by atoms with van der Waals surface area (Å²) in [5.41, 5.74) is 1.93. The predicted molar refractivity (Wildman–Crippen MR) is 95.8 cm³/mol. The summed E-state index contributed by atoms with van der Waals surface area (Å²) in [5, 5.41) is 2.77. The number of hydrogen-bond donors (Lipinski definition) is 1. The van der Waals surface area contributed by atoms with Crippen molar-refractivity contribution >= 4 is 23.4 Å². The number of fused-ring (bicyclic) bond motifs is 1. The van der Waals surface area contributed by atoms with Crippen molar-refractivity contribution in [2.45, 2.75) is 26.4 Å². The maximum absolute atomic E-state index is 12.4. The Morgan fingerprint density at radius 2 is 2.00 bits per heavy atom. The average molecular weight is 339 g/mol. The molecule has 3 rings (SSSR count). The molecule has 0 bridgehead atoms. The molecule has 0 fully saturated rings. The van der Waals surface area contributed by atoms with Crippen molar-refractivity contribution in [2.24, 2.45) is 0 Å². The highest BCUT2D eigenvalue weighted by Gasteiger charge is 2.31. The van der Waals surface area contributed by atoms with Gasteiger partial charge in [0.2, 0.25) is 0 Å². The second kappa shape index (κ2) is 7.34. The zero-order valence-electron chi connectivity index (χ0n) is 14.4. The van der Waals surface area contributed by atoms with Crippen LogP contribution in [0.3, 0.4) is 0 Å². The van der Waals surface area contributed by atoms with E-state index in [1.165, 1.54) is 0 Å². The molecule has 0 saturated carbocycles. The van der Waals surface area contributed by atoms with Crippen LogP contribution in [-0.2, 0) is 16.0 Å². The number of carbonyl (C=O) groups excluding carboxylic acids is 2. The van der Waals surface area contributed by atoms with Crippen molar-refractivity contribution in [3.05, 3.63) is 53.7 Å². The van der Waals surface area contributed by atoms with E-state index < -0.39 is 12.1 Å². The van der Waals surface area contributed by atoms with E-state index in [0.29, 0.717) is 17.7 Å². The number of rotatable bonds is 5. The molecule has 6 heteroatoms. The Morgan fingerprint density at radius 3 is 2.68 bits per heavy atom. The molecular weight excluding hydrogens is 318 g/mol. The van der Waals surface area contributed by atoms with Crippen molar-refractivity contribution in [3.63, 3.8) is 0 Å². The van der Waals surface area contributed by atoms with Gasteiger partial charge in [0.1, 0.15) is 5.82 Å². The van der Waals surface area contributed by atoms with E-state index in [4.69, 9.17) is 4.74 Å². The number of amides is 1. The Kier molecular flexibility index (Phi) is 4.97. The quantitative estimate of drug-likeness (QED) is 0.848. The van der Waals surface area contributed by atoms with Crippen LogP contribution in [0, 0.1) is 0 Å². The van der Waals surface area contributed by atoms with Crippen LogP contribution in [0.15, 0.2) is 42.6 Å². The molecule has 1 aromatic heterocycles. The smallest absolute Gasteiger partial charge is 0.339 e. The highest BCUT2D eigenvalue weighted by atomic mass is 16.5. The number of hydrogen-bond acceptors (Lipinski definition) is 5. The molecule has 2 aromatic rings. The topological polar surface area (TPSA) is 71.5 Å². The molecule has 1 amide bonds. The first-order chi connectivity index (χ1) is 12.1. The lowest BCUT2D eigenvalue weighted by Crippen LogP contribution is -2.38. The Labute approximate surface area is 146 Å². The monoisotopic (exact) mass is 339 g/mol. The highest BCUT2D eigenvalue weighted by Crippen LogP contribution is 2.22. The lowest BCUT2D eigenvalue weighted by Gasteiger charge is -2.24. The van der Waals surface area contributed by atoms with E-state index in [1.807, 2.05) is 18.2 Å².